The van der Waals surface area contributed by atoms with Gasteiger partial charge in [-0.25, -0.2) is 0 Å². The standard InChI is InChI=1S/C16H10Cl2N4O2/c17-11-2-3-12-14(5-6-19-15(12)8-11)21-20-9-10-1-4-13(18)16(7-10)22(23)24/h1-9H,(H,19,21). The Morgan fingerprint density at radius 3 is 2.79 bits per heavy atom. The Labute approximate surface area is 146 Å². The van der Waals surface area contributed by atoms with Crippen LogP contribution in [0.5, 0.6) is 0 Å². The van der Waals surface area contributed by atoms with Gasteiger partial charge in [0.15, 0.2) is 0 Å². The number of anilines is 1. The topological polar surface area (TPSA) is 80.4 Å². The summed E-state index contributed by atoms with van der Waals surface area (Å²) in [4.78, 5) is 14.6. The van der Waals surface area contributed by atoms with Crippen LogP contribution in [0.25, 0.3) is 10.9 Å². The molecule has 0 bridgehead atoms. The molecule has 0 saturated heterocycles. The molecular weight excluding hydrogens is 351 g/mol. The van der Waals surface area contributed by atoms with Crippen LogP contribution in [-0.4, -0.2) is 16.1 Å². The molecular formula is C16H10Cl2N4O2. The first-order valence-corrected chi connectivity index (χ1v) is 7.57. The van der Waals surface area contributed by atoms with Crippen LogP contribution < -0.4 is 5.43 Å². The number of hydrogen-bond acceptors (Lipinski definition) is 5. The van der Waals surface area contributed by atoms with Crippen molar-refractivity contribution in [1.82, 2.24) is 4.98 Å². The second-order valence-corrected chi connectivity index (χ2v) is 5.70. The van der Waals surface area contributed by atoms with Crippen LogP contribution in [0.4, 0.5) is 11.4 Å². The van der Waals surface area contributed by atoms with Crippen molar-refractivity contribution in [2.24, 2.45) is 5.10 Å². The molecule has 0 aliphatic heterocycles. The van der Waals surface area contributed by atoms with Crippen LogP contribution >= 0.6 is 23.2 Å². The largest absolute Gasteiger partial charge is 0.288 e. The maximum absolute atomic E-state index is 10.9. The predicted octanol–water partition coefficient (Wildman–Crippen LogP) is 4.90. The van der Waals surface area contributed by atoms with Gasteiger partial charge in [0.05, 0.1) is 22.3 Å². The molecule has 8 heteroatoms. The lowest BCUT2D eigenvalue weighted by Crippen LogP contribution is -1.94. The molecule has 3 aromatic rings. The average molecular weight is 361 g/mol. The second kappa shape index (κ2) is 6.82. The zero-order chi connectivity index (χ0) is 17.1. The minimum Gasteiger partial charge on any atom is -0.278 e. The van der Waals surface area contributed by atoms with Gasteiger partial charge < -0.3 is 0 Å². The number of nitro benzene ring substituents is 1. The third-order valence-electron chi connectivity index (χ3n) is 3.27. The van der Waals surface area contributed by atoms with Crippen molar-refractivity contribution >= 4 is 51.7 Å². The number of hydrazone groups is 1. The predicted molar refractivity (Wildman–Crippen MR) is 96.1 cm³/mol. The molecule has 0 radical (unpaired) electrons. The van der Waals surface area contributed by atoms with Crippen LogP contribution in [0.1, 0.15) is 5.56 Å². The van der Waals surface area contributed by atoms with E-state index >= 15 is 0 Å². The molecule has 0 unspecified atom stereocenters. The first-order valence-electron chi connectivity index (χ1n) is 6.82. The van der Waals surface area contributed by atoms with Crippen molar-refractivity contribution < 1.29 is 4.92 Å². The zero-order valence-electron chi connectivity index (χ0n) is 12.1. The van der Waals surface area contributed by atoms with Crippen molar-refractivity contribution in [3.8, 4) is 0 Å². The number of hydrogen-bond donors (Lipinski definition) is 1. The molecule has 0 atom stereocenters. The highest BCUT2D eigenvalue weighted by Crippen LogP contribution is 2.25. The van der Waals surface area contributed by atoms with Gasteiger partial charge in [-0.05, 0) is 30.3 Å². The molecule has 0 aliphatic carbocycles. The summed E-state index contributed by atoms with van der Waals surface area (Å²) < 4.78 is 0. The van der Waals surface area contributed by atoms with Gasteiger partial charge in [-0.15, -0.1) is 0 Å². The summed E-state index contributed by atoms with van der Waals surface area (Å²) in [5.41, 5.74) is 4.78. The van der Waals surface area contributed by atoms with Gasteiger partial charge >= 0.3 is 0 Å². The molecule has 2 aromatic carbocycles. The smallest absolute Gasteiger partial charge is 0.278 e. The third-order valence-corrected chi connectivity index (χ3v) is 3.82. The van der Waals surface area contributed by atoms with E-state index in [0.717, 1.165) is 16.6 Å². The highest BCUT2D eigenvalue weighted by atomic mass is 35.5. The highest BCUT2D eigenvalue weighted by molar-refractivity contribution is 6.32. The lowest BCUT2D eigenvalue weighted by molar-refractivity contribution is -0.384. The van der Waals surface area contributed by atoms with Crippen molar-refractivity contribution in [2.75, 3.05) is 5.43 Å². The number of halogens is 2. The summed E-state index contributed by atoms with van der Waals surface area (Å²) in [6.45, 7) is 0. The fourth-order valence-corrected chi connectivity index (χ4v) is 2.50. The number of pyridine rings is 1. The maximum atomic E-state index is 10.9. The molecule has 0 fully saturated rings. The minimum atomic E-state index is -0.535. The van der Waals surface area contributed by atoms with Crippen molar-refractivity contribution in [3.05, 3.63) is 74.4 Å². The fraction of sp³-hybridized carbons (Fsp3) is 0. The van der Waals surface area contributed by atoms with E-state index in [1.165, 1.54) is 18.3 Å². The molecule has 3 rings (SSSR count). The van der Waals surface area contributed by atoms with E-state index in [4.69, 9.17) is 23.2 Å². The van der Waals surface area contributed by atoms with Crippen LogP contribution in [0.2, 0.25) is 10.0 Å². The number of nitrogens with one attached hydrogen (secondary N) is 1. The van der Waals surface area contributed by atoms with Gasteiger partial charge in [0, 0.05) is 28.2 Å². The molecule has 120 valence electrons. The molecule has 0 aliphatic rings. The van der Waals surface area contributed by atoms with E-state index in [9.17, 15) is 10.1 Å². The SMILES string of the molecule is O=[N+]([O-])c1cc(C=NNc2ccnc3cc(Cl)ccc23)ccc1Cl. The number of benzene rings is 2. The van der Waals surface area contributed by atoms with E-state index in [2.05, 4.69) is 15.5 Å². The van der Waals surface area contributed by atoms with Gasteiger partial charge in [-0.3, -0.25) is 20.5 Å². The summed E-state index contributed by atoms with van der Waals surface area (Å²) in [6, 6.07) is 11.6. The number of fused-ring (bicyclic) bond motifs is 1. The highest BCUT2D eigenvalue weighted by Gasteiger charge is 2.11. The molecule has 0 amide bonds. The average Bonchev–Trinajstić information content (AvgIpc) is 2.56. The number of aromatic nitrogens is 1. The van der Waals surface area contributed by atoms with E-state index in [-0.39, 0.29) is 10.7 Å². The maximum Gasteiger partial charge on any atom is 0.288 e. The first-order chi connectivity index (χ1) is 11.5. The van der Waals surface area contributed by atoms with Crippen LogP contribution in [0.15, 0.2) is 53.8 Å². The summed E-state index contributed by atoms with van der Waals surface area (Å²) in [5, 5.41) is 16.5. The van der Waals surface area contributed by atoms with E-state index in [1.807, 2.05) is 6.07 Å². The number of nitro groups is 1. The van der Waals surface area contributed by atoms with E-state index in [1.54, 1.807) is 30.5 Å². The normalized spacial score (nSPS) is 11.1. The van der Waals surface area contributed by atoms with E-state index < -0.39 is 4.92 Å². The number of rotatable bonds is 4. The Morgan fingerprint density at radius 2 is 2.00 bits per heavy atom. The fourth-order valence-electron chi connectivity index (χ4n) is 2.15. The molecule has 1 heterocycles. The van der Waals surface area contributed by atoms with Crippen LogP contribution in [0.3, 0.4) is 0 Å². The lowest BCUT2D eigenvalue weighted by Gasteiger charge is -2.05. The Morgan fingerprint density at radius 1 is 1.17 bits per heavy atom. The Balaban J connectivity index is 1.85. The summed E-state index contributed by atoms with van der Waals surface area (Å²) in [5.74, 6) is 0. The minimum absolute atomic E-state index is 0.0853. The molecule has 1 N–H and O–H groups in total. The quantitative estimate of drug-likeness (QED) is 0.407. The second-order valence-electron chi connectivity index (χ2n) is 4.86. The van der Waals surface area contributed by atoms with Gasteiger partial charge in [-0.2, -0.15) is 5.10 Å². The summed E-state index contributed by atoms with van der Waals surface area (Å²) >= 11 is 11.7. The van der Waals surface area contributed by atoms with Gasteiger partial charge in [0.2, 0.25) is 0 Å². The molecule has 24 heavy (non-hydrogen) atoms. The van der Waals surface area contributed by atoms with Gasteiger partial charge in [-0.1, -0.05) is 29.3 Å². The van der Waals surface area contributed by atoms with Gasteiger partial charge in [0.1, 0.15) is 5.02 Å². The Bertz CT molecular complexity index is 960. The number of nitrogens with zero attached hydrogens (tertiary/aromatic N) is 3. The molecule has 1 aromatic heterocycles. The van der Waals surface area contributed by atoms with E-state index in [0.29, 0.717) is 10.6 Å². The molecule has 6 nitrogen and oxygen atoms in total. The zero-order valence-corrected chi connectivity index (χ0v) is 13.6. The summed E-state index contributed by atoms with van der Waals surface area (Å²) in [6.07, 6.45) is 3.12. The van der Waals surface area contributed by atoms with Crippen LogP contribution in [0, 0.1) is 10.1 Å². The van der Waals surface area contributed by atoms with Crippen molar-refractivity contribution in [3.63, 3.8) is 0 Å². The van der Waals surface area contributed by atoms with Gasteiger partial charge in [0.25, 0.3) is 5.69 Å². The Hall–Kier alpha value is -2.70. The van der Waals surface area contributed by atoms with Crippen molar-refractivity contribution in [1.29, 1.82) is 0 Å². The summed E-state index contributed by atoms with van der Waals surface area (Å²) in [7, 11) is 0. The van der Waals surface area contributed by atoms with Crippen LogP contribution in [-0.2, 0) is 0 Å². The Kier molecular flexibility index (Phi) is 4.59. The first kappa shape index (κ1) is 16.2. The monoisotopic (exact) mass is 360 g/mol. The molecule has 0 spiro atoms. The van der Waals surface area contributed by atoms with Crippen molar-refractivity contribution in [2.45, 2.75) is 0 Å². The molecule has 0 saturated carbocycles. The third kappa shape index (κ3) is 3.45. The lowest BCUT2D eigenvalue weighted by atomic mass is 10.2.